The lowest BCUT2D eigenvalue weighted by molar-refractivity contribution is -0.134. The molecule has 0 spiro atoms. The lowest BCUT2D eigenvalue weighted by atomic mass is 10.1. The summed E-state index contributed by atoms with van der Waals surface area (Å²) in [5, 5.41) is 0. The van der Waals surface area contributed by atoms with Crippen molar-refractivity contribution in [3.05, 3.63) is 29.6 Å². The molecule has 0 N–H and O–H groups in total. The van der Waals surface area contributed by atoms with Crippen molar-refractivity contribution >= 4 is 12.0 Å². The number of esters is 1. The Morgan fingerprint density at radius 2 is 1.94 bits per heavy atom. The fourth-order valence-corrected chi connectivity index (χ4v) is 1.24. The van der Waals surface area contributed by atoms with Gasteiger partial charge in [0.2, 0.25) is 0 Å². The van der Waals surface area contributed by atoms with Gasteiger partial charge in [0.15, 0.2) is 0 Å². The van der Waals surface area contributed by atoms with Gasteiger partial charge in [-0.1, -0.05) is 0 Å². The molecule has 92 valence electrons. The van der Waals surface area contributed by atoms with Gasteiger partial charge in [0.25, 0.3) is 0 Å². The summed E-state index contributed by atoms with van der Waals surface area (Å²) < 4.78 is 28.0. The molecule has 0 aliphatic heterocycles. The first-order valence-corrected chi connectivity index (χ1v) is 4.80. The first-order valence-electron chi connectivity index (χ1n) is 4.80. The van der Waals surface area contributed by atoms with E-state index in [1.807, 2.05) is 0 Å². The van der Waals surface area contributed by atoms with E-state index in [0.29, 0.717) is 5.75 Å². The number of carbonyl (C=O) groups is 1. The van der Waals surface area contributed by atoms with E-state index in [1.54, 1.807) is 0 Å². The van der Waals surface area contributed by atoms with Gasteiger partial charge in [0.1, 0.15) is 17.3 Å². The Balaban J connectivity index is 3.14. The maximum atomic E-state index is 13.7. The Labute approximate surface area is 98.6 Å². The van der Waals surface area contributed by atoms with Gasteiger partial charge >= 0.3 is 5.97 Å². The van der Waals surface area contributed by atoms with Crippen LogP contribution in [0.2, 0.25) is 0 Å². The van der Waals surface area contributed by atoms with Crippen LogP contribution in [0.5, 0.6) is 11.5 Å². The lowest BCUT2D eigenvalue weighted by Gasteiger charge is -2.08. The van der Waals surface area contributed by atoms with Crippen LogP contribution in [-0.2, 0) is 9.53 Å². The standard InChI is InChI=1S/C12H13FO4/c1-15-8-6-10(13)9(11(7-8)16-2)4-5-12(14)17-3/h4-7H,1-3H3/b5-4+. The molecule has 0 saturated carbocycles. The van der Waals surface area contributed by atoms with Crippen molar-refractivity contribution in [1.29, 1.82) is 0 Å². The van der Waals surface area contributed by atoms with Crippen molar-refractivity contribution in [2.75, 3.05) is 21.3 Å². The Bertz CT molecular complexity index is 440. The molecule has 1 rings (SSSR count). The molecule has 0 aromatic heterocycles. The van der Waals surface area contributed by atoms with Gasteiger partial charge in [-0.3, -0.25) is 0 Å². The molecule has 4 nitrogen and oxygen atoms in total. The average Bonchev–Trinajstić information content (AvgIpc) is 2.35. The van der Waals surface area contributed by atoms with E-state index >= 15 is 0 Å². The largest absolute Gasteiger partial charge is 0.497 e. The number of hydrogen-bond donors (Lipinski definition) is 0. The van der Waals surface area contributed by atoms with Crippen molar-refractivity contribution in [2.45, 2.75) is 0 Å². The number of halogens is 1. The van der Waals surface area contributed by atoms with E-state index < -0.39 is 11.8 Å². The Morgan fingerprint density at radius 3 is 2.47 bits per heavy atom. The molecule has 1 aromatic carbocycles. The first-order chi connectivity index (χ1) is 8.12. The van der Waals surface area contributed by atoms with Crippen molar-refractivity contribution in [3.63, 3.8) is 0 Å². The van der Waals surface area contributed by atoms with Crippen LogP contribution in [0.4, 0.5) is 4.39 Å². The molecule has 5 heteroatoms. The Kier molecular flexibility index (Phi) is 4.51. The molecule has 0 heterocycles. The maximum absolute atomic E-state index is 13.7. The van der Waals surface area contributed by atoms with E-state index in [2.05, 4.69) is 4.74 Å². The van der Waals surface area contributed by atoms with Crippen LogP contribution in [0.25, 0.3) is 6.08 Å². The van der Waals surface area contributed by atoms with E-state index in [9.17, 15) is 9.18 Å². The minimum absolute atomic E-state index is 0.165. The summed E-state index contributed by atoms with van der Waals surface area (Å²) in [5.74, 6) is -0.486. The topological polar surface area (TPSA) is 44.8 Å². The van der Waals surface area contributed by atoms with Crippen molar-refractivity contribution in [2.24, 2.45) is 0 Å². The summed E-state index contributed by atoms with van der Waals surface area (Å²) in [6, 6.07) is 2.74. The third-order valence-electron chi connectivity index (χ3n) is 2.11. The SMILES string of the molecule is COC(=O)/C=C/c1c(F)cc(OC)cc1OC. The van der Waals surface area contributed by atoms with Crippen LogP contribution < -0.4 is 9.47 Å². The van der Waals surface area contributed by atoms with Crippen LogP contribution in [0.1, 0.15) is 5.56 Å². The van der Waals surface area contributed by atoms with E-state index in [0.717, 1.165) is 6.08 Å². The normalized spacial score (nSPS) is 10.4. The predicted octanol–water partition coefficient (Wildman–Crippen LogP) is 2.03. The average molecular weight is 240 g/mol. The zero-order chi connectivity index (χ0) is 12.8. The monoisotopic (exact) mass is 240 g/mol. The van der Waals surface area contributed by atoms with E-state index in [-0.39, 0.29) is 11.3 Å². The van der Waals surface area contributed by atoms with Gasteiger partial charge in [-0.15, -0.1) is 0 Å². The molecular weight excluding hydrogens is 227 g/mol. The van der Waals surface area contributed by atoms with Gasteiger partial charge in [-0.25, -0.2) is 9.18 Å². The number of hydrogen-bond acceptors (Lipinski definition) is 4. The van der Waals surface area contributed by atoms with Gasteiger partial charge in [0, 0.05) is 18.2 Å². The summed E-state index contributed by atoms with van der Waals surface area (Å²) in [6.45, 7) is 0. The fourth-order valence-electron chi connectivity index (χ4n) is 1.24. The zero-order valence-electron chi connectivity index (χ0n) is 9.82. The molecule has 0 atom stereocenters. The zero-order valence-corrected chi connectivity index (χ0v) is 9.82. The molecule has 0 bridgehead atoms. The molecule has 0 unspecified atom stereocenters. The number of benzene rings is 1. The molecule has 0 fully saturated rings. The Hall–Kier alpha value is -2.04. The van der Waals surface area contributed by atoms with Crippen LogP contribution in [0.15, 0.2) is 18.2 Å². The van der Waals surface area contributed by atoms with Gasteiger partial charge < -0.3 is 14.2 Å². The third kappa shape index (κ3) is 3.21. The highest BCUT2D eigenvalue weighted by Crippen LogP contribution is 2.28. The minimum Gasteiger partial charge on any atom is -0.497 e. The highest BCUT2D eigenvalue weighted by atomic mass is 19.1. The predicted molar refractivity (Wildman–Crippen MR) is 60.6 cm³/mol. The fraction of sp³-hybridized carbons (Fsp3) is 0.250. The molecule has 0 amide bonds. The van der Waals surface area contributed by atoms with Gasteiger partial charge in [-0.05, 0) is 6.08 Å². The number of ether oxygens (including phenoxy) is 3. The van der Waals surface area contributed by atoms with Gasteiger partial charge in [-0.2, -0.15) is 0 Å². The highest BCUT2D eigenvalue weighted by Gasteiger charge is 2.10. The molecule has 0 radical (unpaired) electrons. The molecule has 0 saturated heterocycles. The number of rotatable bonds is 4. The van der Waals surface area contributed by atoms with E-state index in [1.165, 1.54) is 39.5 Å². The Morgan fingerprint density at radius 1 is 1.24 bits per heavy atom. The van der Waals surface area contributed by atoms with Gasteiger partial charge in [0.05, 0.1) is 26.9 Å². The summed E-state index contributed by atoms with van der Waals surface area (Å²) >= 11 is 0. The molecule has 17 heavy (non-hydrogen) atoms. The van der Waals surface area contributed by atoms with Crippen LogP contribution >= 0.6 is 0 Å². The molecule has 0 aliphatic rings. The van der Waals surface area contributed by atoms with Crippen molar-refractivity contribution in [3.8, 4) is 11.5 Å². The second kappa shape index (κ2) is 5.89. The highest BCUT2D eigenvalue weighted by molar-refractivity contribution is 5.87. The van der Waals surface area contributed by atoms with Crippen LogP contribution in [0, 0.1) is 5.82 Å². The second-order valence-electron chi connectivity index (χ2n) is 3.08. The lowest BCUT2D eigenvalue weighted by Crippen LogP contribution is -1.96. The van der Waals surface area contributed by atoms with Crippen LogP contribution in [-0.4, -0.2) is 27.3 Å². The molecule has 0 aliphatic carbocycles. The summed E-state index contributed by atoms with van der Waals surface area (Å²) in [4.78, 5) is 10.9. The summed E-state index contributed by atoms with van der Waals surface area (Å²) in [6.07, 6.45) is 2.41. The number of carbonyl (C=O) groups excluding carboxylic acids is 1. The maximum Gasteiger partial charge on any atom is 0.330 e. The molecule has 1 aromatic rings. The summed E-state index contributed by atoms with van der Waals surface area (Å²) in [7, 11) is 4.08. The third-order valence-corrected chi connectivity index (χ3v) is 2.11. The van der Waals surface area contributed by atoms with Crippen LogP contribution in [0.3, 0.4) is 0 Å². The van der Waals surface area contributed by atoms with Crippen molar-refractivity contribution in [1.82, 2.24) is 0 Å². The van der Waals surface area contributed by atoms with Crippen molar-refractivity contribution < 1.29 is 23.4 Å². The number of methoxy groups -OCH3 is 3. The first kappa shape index (κ1) is 13.0. The second-order valence-corrected chi connectivity index (χ2v) is 3.08. The summed E-state index contributed by atoms with van der Waals surface area (Å²) in [5.41, 5.74) is 0.165. The quantitative estimate of drug-likeness (QED) is 0.596. The smallest absolute Gasteiger partial charge is 0.330 e. The minimum atomic E-state index is -0.567. The van der Waals surface area contributed by atoms with E-state index in [4.69, 9.17) is 9.47 Å². The molecular formula is C12H13FO4.